The van der Waals surface area contributed by atoms with Crippen molar-refractivity contribution in [1.29, 1.82) is 0 Å². The zero-order chi connectivity index (χ0) is 19.0. The average molecular weight is 385 g/mol. The van der Waals surface area contributed by atoms with E-state index >= 15 is 0 Å². The van der Waals surface area contributed by atoms with Crippen LogP contribution < -0.4 is 10.9 Å². The molecule has 142 valence electrons. The van der Waals surface area contributed by atoms with Crippen LogP contribution in [0, 0.1) is 12.8 Å². The van der Waals surface area contributed by atoms with Crippen LogP contribution in [0.5, 0.6) is 0 Å². The minimum atomic E-state index is -0.444. The number of aryl methyl sites for hydroxylation is 1. The van der Waals surface area contributed by atoms with E-state index in [9.17, 15) is 9.59 Å². The number of hydrogen-bond donors (Lipinski definition) is 2. The third-order valence-corrected chi connectivity index (χ3v) is 6.04. The molecule has 2 aromatic heterocycles. The summed E-state index contributed by atoms with van der Waals surface area (Å²) in [5, 5.41) is 3.87. The monoisotopic (exact) mass is 385 g/mol. The Balaban J connectivity index is 1.82. The molecule has 2 N–H and O–H groups in total. The van der Waals surface area contributed by atoms with Crippen LogP contribution in [0.15, 0.2) is 38.3 Å². The highest BCUT2D eigenvalue weighted by Crippen LogP contribution is 2.45. The topological polar surface area (TPSA) is 88.0 Å². The average Bonchev–Trinajstić information content (AvgIpc) is 3.06. The number of fused-ring (bicyclic) bond motifs is 2. The van der Waals surface area contributed by atoms with Crippen molar-refractivity contribution in [2.24, 2.45) is 5.92 Å². The van der Waals surface area contributed by atoms with Crippen molar-refractivity contribution in [3.63, 3.8) is 0 Å². The number of nitrogens with one attached hydrogen (secondary N) is 2. The molecule has 0 amide bonds. The van der Waals surface area contributed by atoms with Crippen molar-refractivity contribution in [1.82, 2.24) is 9.97 Å². The van der Waals surface area contributed by atoms with Crippen LogP contribution in [0.2, 0.25) is 0 Å². The Morgan fingerprint density at radius 1 is 1.30 bits per heavy atom. The number of anilines is 1. The molecular formula is C20H23N3O3S. The molecule has 0 radical (unpaired) electrons. The third kappa shape index (κ3) is 3.36. The lowest BCUT2D eigenvalue weighted by atomic mass is 9.74. The molecule has 0 fully saturated rings. The van der Waals surface area contributed by atoms with Gasteiger partial charge in [0.2, 0.25) is 0 Å². The number of furan rings is 1. The number of allylic oxidation sites excluding steroid dienone is 2. The Hall–Kier alpha value is -2.28. The third-order valence-electron chi connectivity index (χ3n) is 5.08. The quantitative estimate of drug-likeness (QED) is 0.460. The Morgan fingerprint density at radius 2 is 2.15 bits per heavy atom. The summed E-state index contributed by atoms with van der Waals surface area (Å²) in [5.41, 5.74) is 1.12. The molecule has 0 unspecified atom stereocenters. The Morgan fingerprint density at radius 3 is 2.89 bits per heavy atom. The van der Waals surface area contributed by atoms with Gasteiger partial charge in [0.25, 0.3) is 5.56 Å². The molecule has 0 aromatic carbocycles. The zero-order valence-electron chi connectivity index (χ0n) is 15.5. The summed E-state index contributed by atoms with van der Waals surface area (Å²) in [5.74, 6) is 2.11. The molecule has 2 aliphatic rings. The van der Waals surface area contributed by atoms with Gasteiger partial charge in [-0.25, -0.2) is 4.98 Å². The van der Waals surface area contributed by atoms with Gasteiger partial charge >= 0.3 is 0 Å². The van der Waals surface area contributed by atoms with E-state index in [0.717, 1.165) is 30.1 Å². The summed E-state index contributed by atoms with van der Waals surface area (Å²) in [4.78, 5) is 33.2. The first-order valence-electron chi connectivity index (χ1n) is 9.41. The number of carbonyl (C=O) groups excluding carboxylic acids is 1. The van der Waals surface area contributed by atoms with Gasteiger partial charge in [-0.3, -0.25) is 9.59 Å². The molecule has 4 rings (SSSR count). The van der Waals surface area contributed by atoms with E-state index in [-0.39, 0.29) is 11.3 Å². The molecule has 6 nitrogen and oxygen atoms in total. The van der Waals surface area contributed by atoms with E-state index in [4.69, 9.17) is 4.42 Å². The van der Waals surface area contributed by atoms with Gasteiger partial charge in [0.1, 0.15) is 23.1 Å². The van der Waals surface area contributed by atoms with Gasteiger partial charge in [0, 0.05) is 17.9 Å². The molecule has 0 bridgehead atoms. The first kappa shape index (κ1) is 18.1. The molecule has 2 aromatic rings. The number of aromatic nitrogens is 2. The molecule has 3 heterocycles. The molecule has 1 aliphatic heterocycles. The van der Waals surface area contributed by atoms with Crippen LogP contribution in [0.25, 0.3) is 0 Å². The van der Waals surface area contributed by atoms with Crippen molar-refractivity contribution in [2.75, 3.05) is 11.1 Å². The smallest absolute Gasteiger partial charge is 0.257 e. The second-order valence-electron chi connectivity index (χ2n) is 7.03. The number of nitrogens with zero attached hydrogens (tertiary/aromatic N) is 1. The number of hydrogen-bond acceptors (Lipinski definition) is 6. The van der Waals surface area contributed by atoms with E-state index in [2.05, 4.69) is 22.2 Å². The van der Waals surface area contributed by atoms with Crippen molar-refractivity contribution in [2.45, 2.75) is 50.6 Å². The van der Waals surface area contributed by atoms with E-state index in [1.807, 2.05) is 25.1 Å². The number of aromatic amines is 1. The second-order valence-corrected chi connectivity index (χ2v) is 8.11. The van der Waals surface area contributed by atoms with Crippen molar-refractivity contribution in [3.05, 3.63) is 51.3 Å². The number of Topliss-reactive ketones (excluding diaryl/α,β-unsaturated/α-hetero) is 1. The number of unbranched alkanes of at least 4 members (excludes halogenated alkanes) is 1. The van der Waals surface area contributed by atoms with Crippen molar-refractivity contribution >= 4 is 23.4 Å². The molecule has 2 atom stereocenters. The highest BCUT2D eigenvalue weighted by molar-refractivity contribution is 7.99. The van der Waals surface area contributed by atoms with Crippen molar-refractivity contribution in [3.8, 4) is 0 Å². The van der Waals surface area contributed by atoms with Crippen LogP contribution in [0.3, 0.4) is 0 Å². The minimum absolute atomic E-state index is 0.130. The summed E-state index contributed by atoms with van der Waals surface area (Å²) in [6, 6.07) is 3.72. The largest absolute Gasteiger partial charge is 0.466 e. The van der Waals surface area contributed by atoms with E-state index in [1.165, 1.54) is 0 Å². The maximum atomic E-state index is 13.0. The van der Waals surface area contributed by atoms with Crippen LogP contribution in [-0.2, 0) is 4.79 Å². The van der Waals surface area contributed by atoms with Gasteiger partial charge in [0.05, 0.1) is 17.4 Å². The lowest BCUT2D eigenvalue weighted by Gasteiger charge is -2.35. The molecule has 0 saturated carbocycles. The zero-order valence-corrected chi connectivity index (χ0v) is 16.3. The fraction of sp³-hybridized carbons (Fsp3) is 0.450. The molecule has 0 saturated heterocycles. The normalized spacial score (nSPS) is 21.3. The summed E-state index contributed by atoms with van der Waals surface area (Å²) in [7, 11) is 0. The van der Waals surface area contributed by atoms with Gasteiger partial charge in [-0.1, -0.05) is 31.2 Å². The van der Waals surface area contributed by atoms with E-state index in [1.54, 1.807) is 11.8 Å². The minimum Gasteiger partial charge on any atom is -0.466 e. The predicted molar refractivity (Wildman–Crippen MR) is 105 cm³/mol. The maximum absolute atomic E-state index is 13.0. The van der Waals surface area contributed by atoms with Gasteiger partial charge in [-0.15, -0.1) is 0 Å². The maximum Gasteiger partial charge on any atom is 0.257 e. The summed E-state index contributed by atoms with van der Waals surface area (Å²) in [6.45, 7) is 3.99. The van der Waals surface area contributed by atoms with E-state index < -0.39 is 11.8 Å². The van der Waals surface area contributed by atoms with Gasteiger partial charge in [-0.05, 0) is 31.9 Å². The predicted octanol–water partition coefficient (Wildman–Crippen LogP) is 3.98. The SMILES string of the molecule is CCCCSc1nc2c(c(=O)[nH]1)[C@@H](c1ccc(C)o1)[C@@H]1C(=O)CCC=C1N2. The second kappa shape index (κ2) is 7.38. The lowest BCUT2D eigenvalue weighted by Crippen LogP contribution is -2.38. The Labute approximate surface area is 161 Å². The van der Waals surface area contributed by atoms with Crippen LogP contribution in [0.1, 0.15) is 55.6 Å². The highest BCUT2D eigenvalue weighted by Gasteiger charge is 2.43. The lowest BCUT2D eigenvalue weighted by molar-refractivity contribution is -0.122. The molecular weight excluding hydrogens is 362 g/mol. The molecule has 27 heavy (non-hydrogen) atoms. The fourth-order valence-corrected chi connectivity index (χ4v) is 4.72. The van der Waals surface area contributed by atoms with Gasteiger partial charge in [-0.2, -0.15) is 0 Å². The van der Waals surface area contributed by atoms with Crippen LogP contribution in [0.4, 0.5) is 5.82 Å². The van der Waals surface area contributed by atoms with Gasteiger partial charge in [0.15, 0.2) is 5.16 Å². The summed E-state index contributed by atoms with van der Waals surface area (Å²) in [6.07, 6.45) is 5.40. The fourth-order valence-electron chi connectivity index (χ4n) is 3.78. The summed E-state index contributed by atoms with van der Waals surface area (Å²) >= 11 is 1.55. The number of ketones is 1. The molecule has 1 aliphatic carbocycles. The van der Waals surface area contributed by atoms with Crippen LogP contribution in [-0.4, -0.2) is 21.5 Å². The van der Waals surface area contributed by atoms with Crippen LogP contribution >= 0.6 is 11.8 Å². The standard InChI is InChI=1S/C20H23N3O3S/c1-3-4-10-27-20-22-18-17(19(25)23-20)16(14-9-8-11(2)26-14)15-12(21-18)6-5-7-13(15)24/h6,8-9,15-16H,3-5,7,10H2,1-2H3,(H2,21,22,23,25)/t15-,16-/m0/s1. The number of thioether (sulfide) groups is 1. The number of carbonyl (C=O) groups is 1. The first-order valence-corrected chi connectivity index (χ1v) is 10.4. The first-order chi connectivity index (χ1) is 13.1. The Bertz CT molecular complexity index is 960. The summed E-state index contributed by atoms with van der Waals surface area (Å²) < 4.78 is 5.85. The molecule has 7 heteroatoms. The number of rotatable bonds is 5. The Kier molecular flexibility index (Phi) is 4.95. The van der Waals surface area contributed by atoms with Crippen molar-refractivity contribution < 1.29 is 9.21 Å². The molecule has 0 spiro atoms. The number of H-pyrrole nitrogens is 1. The van der Waals surface area contributed by atoms with E-state index in [0.29, 0.717) is 35.1 Å². The highest BCUT2D eigenvalue weighted by atomic mass is 32.2. The van der Waals surface area contributed by atoms with Gasteiger partial charge < -0.3 is 14.7 Å².